The largest absolute Gasteiger partial charge is 0.508 e. The van der Waals surface area contributed by atoms with Crippen LogP contribution in [0, 0.1) is 11.3 Å². The number of hydrogen-bond donors (Lipinski definition) is 5. The highest BCUT2D eigenvalue weighted by atomic mass is 16.5. The maximum absolute atomic E-state index is 14.7. The van der Waals surface area contributed by atoms with Crippen LogP contribution in [0.2, 0.25) is 0 Å². The number of carbonyl (C=O) groups is 5. The third-order valence-electron chi connectivity index (χ3n) is 13.2. The van der Waals surface area contributed by atoms with E-state index in [2.05, 4.69) is 64.9 Å². The smallest absolute Gasteiger partial charge is 0.324 e. The first kappa shape index (κ1) is 45.7. The molecule has 2 aromatic carbocycles. The molecule has 6 bridgehead atoms. The number of methoxy groups -OCH3 is 1. The van der Waals surface area contributed by atoms with Crippen molar-refractivity contribution in [1.29, 1.82) is 0 Å². The number of hydrazine groups is 1. The molecule has 2 aromatic heterocycles. The van der Waals surface area contributed by atoms with Crippen molar-refractivity contribution >= 4 is 40.5 Å². The number of aryl methyl sites for hydroxylation is 1. The van der Waals surface area contributed by atoms with Gasteiger partial charge in [-0.15, -0.1) is 0 Å². The number of benzene rings is 2. The lowest BCUT2D eigenvalue weighted by Gasteiger charge is -2.36. The molecule has 5 N–H and O–H groups in total. The second-order valence-corrected chi connectivity index (χ2v) is 19.1. The number of likely N-dealkylation sites (tertiary alicyclic amines) is 1. The number of phenolic OH excluding ortho intramolecular Hbond substituents is 1. The summed E-state index contributed by atoms with van der Waals surface area (Å²) < 4.78 is 14.2. The third-order valence-corrected chi connectivity index (χ3v) is 13.2. The van der Waals surface area contributed by atoms with Crippen LogP contribution in [0.1, 0.15) is 83.7 Å². The van der Waals surface area contributed by atoms with Crippen LogP contribution >= 0.6 is 0 Å². The van der Waals surface area contributed by atoms with Gasteiger partial charge in [0.2, 0.25) is 17.7 Å². The van der Waals surface area contributed by atoms with Crippen LogP contribution in [0.25, 0.3) is 33.3 Å². The zero-order valence-corrected chi connectivity index (χ0v) is 38.4. The molecule has 4 amide bonds. The fraction of sp³-hybridized carbons (Fsp3) is 0.510. The molecule has 3 fully saturated rings. The van der Waals surface area contributed by atoms with E-state index in [1.807, 2.05) is 39.0 Å². The number of cyclic esters (lactones) is 1. The van der Waals surface area contributed by atoms with Crippen molar-refractivity contribution in [1.82, 2.24) is 40.8 Å². The van der Waals surface area contributed by atoms with Crippen molar-refractivity contribution in [3.63, 3.8) is 0 Å². The van der Waals surface area contributed by atoms with Gasteiger partial charge in [-0.2, -0.15) is 0 Å². The lowest BCUT2D eigenvalue weighted by atomic mass is 9.84. The van der Waals surface area contributed by atoms with E-state index in [-0.39, 0.29) is 61.7 Å². The highest BCUT2D eigenvalue weighted by Crippen LogP contribution is 2.42. The normalized spacial score (nSPS) is 23.2. The Labute approximate surface area is 379 Å². The molecule has 0 spiro atoms. The number of nitrogens with zero attached hydrogens (tertiary/aromatic N) is 4. The van der Waals surface area contributed by atoms with Gasteiger partial charge < -0.3 is 40.0 Å². The first-order valence-electron chi connectivity index (χ1n) is 22.9. The Hall–Kier alpha value is -5.84. The van der Waals surface area contributed by atoms with Gasteiger partial charge in [0.15, 0.2) is 0 Å². The number of amides is 4. The molecule has 346 valence electrons. The van der Waals surface area contributed by atoms with Gasteiger partial charge in [-0.25, -0.2) is 5.43 Å². The zero-order valence-electron chi connectivity index (χ0n) is 38.4. The predicted octanol–water partition coefficient (Wildman–Crippen LogP) is 4.17. The molecule has 8 rings (SSSR count). The molecular formula is C49H62N8O8. The fourth-order valence-electron chi connectivity index (χ4n) is 9.76. The summed E-state index contributed by atoms with van der Waals surface area (Å²) in [4.78, 5) is 75.6. The number of aromatic nitrogens is 2. The Morgan fingerprint density at radius 3 is 2.51 bits per heavy atom. The maximum atomic E-state index is 14.7. The van der Waals surface area contributed by atoms with E-state index in [1.165, 1.54) is 9.91 Å². The summed E-state index contributed by atoms with van der Waals surface area (Å²) in [5, 5.41) is 22.5. The van der Waals surface area contributed by atoms with Gasteiger partial charge in [-0.3, -0.25) is 34.0 Å². The maximum Gasteiger partial charge on any atom is 0.324 e. The summed E-state index contributed by atoms with van der Waals surface area (Å²) in [6.07, 6.45) is 3.32. The molecule has 4 aliphatic rings. The van der Waals surface area contributed by atoms with Gasteiger partial charge in [0.1, 0.15) is 29.9 Å². The average Bonchev–Trinajstić information content (AvgIpc) is 4.03. The molecule has 4 aromatic rings. The summed E-state index contributed by atoms with van der Waals surface area (Å²) in [6, 6.07) is 11.5. The van der Waals surface area contributed by atoms with E-state index in [9.17, 15) is 29.1 Å². The standard InChI is InChI=1S/C49H62N8O8/c1-8-55-40-14-13-30-23-34(40)35(43(55)33-11-9-16-50-41(33)28(4)64-7)24-49(5,6)26-65-48(63)37-12-10-17-57(54-37)47(62)38(21-29-19-31(30)22-32(58)20-29)53-45(60)42(27(2)3)56-18-15-36(46(56)61)52-44(59)39-25-51-39/h9,11,13-14,16,19-20,22-23,27-28,36-39,42,51,54,58H,8,10,12,15,17-18,21,24-26H2,1-7H3,(H,52,59)(H,53,60)/t28-,36+,37-,38-,39+,42?/m0/s1. The Balaban J connectivity index is 1.20. The molecule has 3 saturated heterocycles. The number of ether oxygens (including phenoxy) is 2. The Morgan fingerprint density at radius 1 is 1.00 bits per heavy atom. The number of fused-ring (bicyclic) bond motifs is 6. The van der Waals surface area contributed by atoms with Gasteiger partial charge in [-0.1, -0.05) is 39.8 Å². The number of rotatable bonds is 10. The van der Waals surface area contributed by atoms with Gasteiger partial charge in [0, 0.05) is 67.8 Å². The van der Waals surface area contributed by atoms with Crippen molar-refractivity contribution in [3.05, 3.63) is 71.5 Å². The zero-order chi connectivity index (χ0) is 46.3. The number of esters is 1. The summed E-state index contributed by atoms with van der Waals surface area (Å²) >= 11 is 0. The predicted molar refractivity (Wildman–Crippen MR) is 244 cm³/mol. The van der Waals surface area contributed by atoms with Gasteiger partial charge in [-0.05, 0) is 104 Å². The highest BCUT2D eigenvalue weighted by molar-refractivity contribution is 5.97. The second kappa shape index (κ2) is 18.6. The van der Waals surface area contributed by atoms with Crippen LogP contribution in [-0.2, 0) is 52.8 Å². The lowest BCUT2D eigenvalue weighted by molar-refractivity contribution is -0.155. The van der Waals surface area contributed by atoms with E-state index in [1.54, 1.807) is 25.4 Å². The molecule has 4 aliphatic heterocycles. The van der Waals surface area contributed by atoms with Crippen LogP contribution in [0.5, 0.6) is 5.75 Å². The molecule has 0 aliphatic carbocycles. The average molecular weight is 891 g/mol. The minimum atomic E-state index is -1.16. The van der Waals surface area contributed by atoms with E-state index < -0.39 is 47.4 Å². The first-order valence-corrected chi connectivity index (χ1v) is 22.9. The van der Waals surface area contributed by atoms with Crippen molar-refractivity contribution in [2.45, 2.75) is 117 Å². The monoisotopic (exact) mass is 890 g/mol. The molecule has 65 heavy (non-hydrogen) atoms. The third kappa shape index (κ3) is 9.47. The van der Waals surface area contributed by atoms with Crippen molar-refractivity contribution in [2.24, 2.45) is 11.3 Å². The van der Waals surface area contributed by atoms with Crippen LogP contribution < -0.4 is 21.4 Å². The molecule has 16 nitrogen and oxygen atoms in total. The number of nitrogens with one attached hydrogen (secondary N) is 4. The number of aromatic hydroxyl groups is 1. The van der Waals surface area contributed by atoms with E-state index in [0.717, 1.165) is 39.0 Å². The lowest BCUT2D eigenvalue weighted by Crippen LogP contribution is -2.62. The Bertz CT molecular complexity index is 2500. The van der Waals surface area contributed by atoms with Crippen LogP contribution in [0.3, 0.4) is 0 Å². The number of phenols is 1. The number of pyridine rings is 1. The van der Waals surface area contributed by atoms with Gasteiger partial charge in [0.05, 0.1) is 30.1 Å². The summed E-state index contributed by atoms with van der Waals surface area (Å²) in [5.74, 6) is -2.43. The summed E-state index contributed by atoms with van der Waals surface area (Å²) in [7, 11) is 1.67. The minimum absolute atomic E-state index is 0.00932. The van der Waals surface area contributed by atoms with Crippen LogP contribution in [0.15, 0.2) is 54.7 Å². The molecule has 0 saturated carbocycles. The molecule has 6 atom stereocenters. The van der Waals surface area contributed by atoms with E-state index >= 15 is 0 Å². The highest BCUT2D eigenvalue weighted by Gasteiger charge is 2.44. The van der Waals surface area contributed by atoms with Crippen molar-refractivity contribution < 1.29 is 38.6 Å². The van der Waals surface area contributed by atoms with Crippen molar-refractivity contribution in [2.75, 3.05) is 33.4 Å². The van der Waals surface area contributed by atoms with Crippen LogP contribution in [-0.4, -0.2) is 118 Å². The molecule has 6 heterocycles. The SMILES string of the molecule is CCn1c(-c2cccnc2[C@H](C)OC)c2c3cc(ccc31)-c1cc(O)cc(c1)C[C@H](NC(=O)C(C(C)C)N1CC[C@@H](NC(=O)[C@H]3CN3)C1=O)C(=O)N1CCC[C@H](N1)C(=O)OCC(C)(C)C2. The number of hydrogen-bond acceptors (Lipinski definition) is 11. The van der Waals surface area contributed by atoms with Crippen LogP contribution in [0.4, 0.5) is 0 Å². The Kier molecular flexibility index (Phi) is 13.1. The number of carbonyl (C=O) groups excluding carboxylic acids is 5. The summed E-state index contributed by atoms with van der Waals surface area (Å²) in [6.45, 7) is 13.8. The summed E-state index contributed by atoms with van der Waals surface area (Å²) in [5.41, 5.74) is 9.53. The quantitative estimate of drug-likeness (QED) is 0.113. The molecule has 0 radical (unpaired) electrons. The topological polar surface area (TPSA) is 206 Å². The molecular weight excluding hydrogens is 829 g/mol. The van der Waals surface area contributed by atoms with E-state index in [0.29, 0.717) is 49.9 Å². The van der Waals surface area contributed by atoms with Gasteiger partial charge in [0.25, 0.3) is 5.91 Å². The second-order valence-electron chi connectivity index (χ2n) is 19.1. The molecule has 1 unspecified atom stereocenters. The molecule has 16 heteroatoms. The minimum Gasteiger partial charge on any atom is -0.508 e. The van der Waals surface area contributed by atoms with Crippen molar-refractivity contribution in [3.8, 4) is 28.1 Å². The van der Waals surface area contributed by atoms with Gasteiger partial charge >= 0.3 is 5.97 Å². The van der Waals surface area contributed by atoms with E-state index in [4.69, 9.17) is 14.5 Å². The fourth-order valence-corrected chi connectivity index (χ4v) is 9.76. The Morgan fingerprint density at radius 2 is 1.78 bits per heavy atom. The first-order chi connectivity index (χ1) is 31.1.